The van der Waals surface area contributed by atoms with Gasteiger partial charge in [0.2, 0.25) is 0 Å². The average molecular weight is 423 g/mol. The number of nitrogens with one attached hydrogen (secondary N) is 1. The standard InChI is InChI=1S/C24H34N6O/c1-4-20-17-26-30-22(25-16-19-9-12-28(5-2)18(3)14-19)15-23(27-24(20)30)29-11-7-6-8-21(29)10-13-31/h9,12,14-15,17,21,25,31H,3-8,10-11,13,16H2,1-2H3/t21-/m0/s1. The van der Waals surface area contributed by atoms with Crippen LogP contribution < -0.4 is 10.2 Å². The van der Waals surface area contributed by atoms with Crippen LogP contribution in [0, 0.1) is 0 Å². The fourth-order valence-electron chi connectivity index (χ4n) is 4.51. The van der Waals surface area contributed by atoms with Crippen molar-refractivity contribution in [3.63, 3.8) is 0 Å². The van der Waals surface area contributed by atoms with Crippen molar-refractivity contribution in [3.05, 3.63) is 54.0 Å². The number of rotatable bonds is 8. The maximum atomic E-state index is 9.55. The summed E-state index contributed by atoms with van der Waals surface area (Å²) in [6.07, 6.45) is 13.4. The van der Waals surface area contributed by atoms with Crippen LogP contribution in [0.15, 0.2) is 48.5 Å². The maximum absolute atomic E-state index is 9.55. The minimum atomic E-state index is 0.209. The van der Waals surface area contributed by atoms with E-state index in [9.17, 15) is 5.11 Å². The average Bonchev–Trinajstić information content (AvgIpc) is 3.21. The van der Waals surface area contributed by atoms with E-state index < -0.39 is 0 Å². The Morgan fingerprint density at radius 2 is 2.16 bits per heavy atom. The van der Waals surface area contributed by atoms with E-state index >= 15 is 0 Å². The van der Waals surface area contributed by atoms with E-state index in [1.165, 1.54) is 12.0 Å². The van der Waals surface area contributed by atoms with Crippen molar-refractivity contribution in [1.82, 2.24) is 19.5 Å². The van der Waals surface area contributed by atoms with Crippen LogP contribution in [-0.4, -0.2) is 56.9 Å². The van der Waals surface area contributed by atoms with Crippen LogP contribution in [0.1, 0.15) is 45.1 Å². The minimum Gasteiger partial charge on any atom is -0.396 e. The first-order valence-electron chi connectivity index (χ1n) is 11.5. The molecule has 2 N–H and O–H groups in total. The molecule has 2 aliphatic heterocycles. The molecule has 2 aromatic rings. The predicted molar refractivity (Wildman–Crippen MR) is 126 cm³/mol. The largest absolute Gasteiger partial charge is 0.396 e. The Bertz CT molecular complexity index is 989. The molecule has 1 saturated heterocycles. The number of allylic oxidation sites excluding steroid dienone is 1. The summed E-state index contributed by atoms with van der Waals surface area (Å²) in [7, 11) is 0. The van der Waals surface area contributed by atoms with Crippen LogP contribution >= 0.6 is 0 Å². The Morgan fingerprint density at radius 1 is 1.29 bits per heavy atom. The third-order valence-electron chi connectivity index (χ3n) is 6.30. The fraction of sp³-hybridized carbons (Fsp3) is 0.500. The lowest BCUT2D eigenvalue weighted by Gasteiger charge is -2.36. The Hall–Kier alpha value is -2.80. The Morgan fingerprint density at radius 3 is 2.90 bits per heavy atom. The van der Waals surface area contributed by atoms with Crippen LogP contribution in [0.5, 0.6) is 0 Å². The molecule has 31 heavy (non-hydrogen) atoms. The van der Waals surface area contributed by atoms with Crippen molar-refractivity contribution in [2.45, 2.75) is 52.0 Å². The molecule has 1 fully saturated rings. The van der Waals surface area contributed by atoms with E-state index in [1.807, 2.05) is 10.7 Å². The smallest absolute Gasteiger partial charge is 0.162 e. The molecule has 0 radical (unpaired) electrons. The van der Waals surface area contributed by atoms with Gasteiger partial charge in [0, 0.05) is 55.8 Å². The number of fused-ring (bicyclic) bond motifs is 1. The Balaban J connectivity index is 1.64. The monoisotopic (exact) mass is 422 g/mol. The molecule has 0 aromatic carbocycles. The second-order valence-electron chi connectivity index (χ2n) is 8.28. The number of aliphatic hydroxyl groups excluding tert-OH is 1. The van der Waals surface area contributed by atoms with Crippen LogP contribution in [0.25, 0.3) is 5.65 Å². The summed E-state index contributed by atoms with van der Waals surface area (Å²) in [5.41, 5.74) is 4.24. The normalized spacial score (nSPS) is 19.3. The van der Waals surface area contributed by atoms with Crippen molar-refractivity contribution < 1.29 is 5.11 Å². The van der Waals surface area contributed by atoms with Gasteiger partial charge in [0.25, 0.3) is 0 Å². The van der Waals surface area contributed by atoms with Crippen molar-refractivity contribution in [3.8, 4) is 0 Å². The molecule has 0 aliphatic carbocycles. The van der Waals surface area contributed by atoms with Gasteiger partial charge in [-0.05, 0) is 56.8 Å². The number of piperidine rings is 1. The van der Waals surface area contributed by atoms with E-state index in [1.54, 1.807) is 0 Å². The molecule has 166 valence electrons. The summed E-state index contributed by atoms with van der Waals surface area (Å²) >= 11 is 0. The van der Waals surface area contributed by atoms with Gasteiger partial charge in [0.15, 0.2) is 5.65 Å². The van der Waals surface area contributed by atoms with E-state index in [0.29, 0.717) is 12.6 Å². The summed E-state index contributed by atoms with van der Waals surface area (Å²) in [6.45, 7) is 11.2. The molecule has 0 unspecified atom stereocenters. The molecule has 7 nitrogen and oxygen atoms in total. The van der Waals surface area contributed by atoms with E-state index in [2.05, 4.69) is 65.1 Å². The predicted octanol–water partition coefficient (Wildman–Crippen LogP) is 3.73. The minimum absolute atomic E-state index is 0.209. The molecule has 0 saturated carbocycles. The Kier molecular flexibility index (Phi) is 6.61. The summed E-state index contributed by atoms with van der Waals surface area (Å²) in [5.74, 6) is 1.91. The number of aliphatic hydroxyl groups is 1. The number of nitrogens with zero attached hydrogens (tertiary/aromatic N) is 5. The number of likely N-dealkylation sites (N-methyl/N-ethyl adjacent to an activating group) is 1. The van der Waals surface area contributed by atoms with Gasteiger partial charge in [-0.3, -0.25) is 0 Å². The molecular weight excluding hydrogens is 388 g/mol. The second kappa shape index (κ2) is 9.56. The molecule has 0 spiro atoms. The zero-order chi connectivity index (χ0) is 21.8. The highest BCUT2D eigenvalue weighted by Crippen LogP contribution is 2.29. The number of anilines is 2. The summed E-state index contributed by atoms with van der Waals surface area (Å²) < 4.78 is 1.91. The van der Waals surface area contributed by atoms with Crippen LogP contribution in [0.2, 0.25) is 0 Å². The maximum Gasteiger partial charge on any atom is 0.162 e. The molecule has 4 rings (SSSR count). The van der Waals surface area contributed by atoms with Crippen LogP contribution in [0.3, 0.4) is 0 Å². The fourth-order valence-corrected chi connectivity index (χ4v) is 4.51. The van der Waals surface area contributed by atoms with Crippen LogP contribution in [0.4, 0.5) is 11.6 Å². The third-order valence-corrected chi connectivity index (χ3v) is 6.30. The highest BCUT2D eigenvalue weighted by molar-refractivity contribution is 5.62. The lowest BCUT2D eigenvalue weighted by Crippen LogP contribution is -2.40. The zero-order valence-corrected chi connectivity index (χ0v) is 18.7. The zero-order valence-electron chi connectivity index (χ0n) is 18.7. The topological polar surface area (TPSA) is 68.9 Å². The number of hydrogen-bond acceptors (Lipinski definition) is 6. The van der Waals surface area contributed by atoms with E-state index in [-0.39, 0.29) is 6.61 Å². The SMILES string of the molecule is C=C1C=C(CNc2cc(N3CCCC[C@H]3CCO)nc3c(CC)cnn23)C=CN1CC. The van der Waals surface area contributed by atoms with Gasteiger partial charge in [-0.1, -0.05) is 13.5 Å². The molecule has 1 atom stereocenters. The van der Waals surface area contributed by atoms with Gasteiger partial charge in [0.1, 0.15) is 11.6 Å². The molecule has 4 heterocycles. The summed E-state index contributed by atoms with van der Waals surface area (Å²) in [6, 6.07) is 2.44. The van der Waals surface area contributed by atoms with Crippen molar-refractivity contribution in [2.75, 3.05) is 36.5 Å². The van der Waals surface area contributed by atoms with Gasteiger partial charge < -0.3 is 20.2 Å². The number of aromatic nitrogens is 3. The highest BCUT2D eigenvalue weighted by Gasteiger charge is 2.25. The van der Waals surface area contributed by atoms with E-state index in [4.69, 9.17) is 4.98 Å². The molecule has 0 bridgehead atoms. The van der Waals surface area contributed by atoms with Crippen molar-refractivity contribution in [2.24, 2.45) is 0 Å². The first kappa shape index (κ1) is 21.4. The quantitative estimate of drug-likeness (QED) is 0.676. The summed E-state index contributed by atoms with van der Waals surface area (Å²) in [5, 5.41) is 17.7. The Labute approximate surface area is 184 Å². The number of aryl methyl sites for hydroxylation is 1. The molecule has 2 aromatic heterocycles. The van der Waals surface area contributed by atoms with Crippen molar-refractivity contribution >= 4 is 17.3 Å². The molecule has 2 aliphatic rings. The van der Waals surface area contributed by atoms with Gasteiger partial charge in [-0.15, -0.1) is 0 Å². The highest BCUT2D eigenvalue weighted by atomic mass is 16.3. The molecule has 7 heteroatoms. The van der Waals surface area contributed by atoms with Gasteiger partial charge in [-0.25, -0.2) is 4.98 Å². The number of hydrogen-bond donors (Lipinski definition) is 2. The van der Waals surface area contributed by atoms with Gasteiger partial charge in [-0.2, -0.15) is 9.61 Å². The first-order valence-corrected chi connectivity index (χ1v) is 11.5. The molecular formula is C24H34N6O. The second-order valence-corrected chi connectivity index (χ2v) is 8.28. The summed E-state index contributed by atoms with van der Waals surface area (Å²) in [4.78, 5) is 9.51. The van der Waals surface area contributed by atoms with Gasteiger partial charge >= 0.3 is 0 Å². The van der Waals surface area contributed by atoms with Gasteiger partial charge in [0.05, 0.1) is 6.20 Å². The first-order chi connectivity index (χ1) is 15.1. The molecule has 0 amide bonds. The van der Waals surface area contributed by atoms with Crippen molar-refractivity contribution in [1.29, 1.82) is 0 Å². The third kappa shape index (κ3) is 4.46. The van der Waals surface area contributed by atoms with Crippen LogP contribution in [-0.2, 0) is 6.42 Å². The van der Waals surface area contributed by atoms with E-state index in [0.717, 1.165) is 67.3 Å². The lowest BCUT2D eigenvalue weighted by molar-refractivity contribution is 0.262. The lowest BCUT2D eigenvalue weighted by atomic mass is 9.99.